The van der Waals surface area contributed by atoms with Gasteiger partial charge in [0.1, 0.15) is 11.6 Å². The minimum Gasteiger partial charge on any atom is -0.471 e. The van der Waals surface area contributed by atoms with Gasteiger partial charge in [0.15, 0.2) is 12.4 Å². The maximum absolute atomic E-state index is 13.2. The molecule has 7 nitrogen and oxygen atoms in total. The van der Waals surface area contributed by atoms with Crippen LogP contribution in [0.3, 0.4) is 0 Å². The summed E-state index contributed by atoms with van der Waals surface area (Å²) in [6.45, 7) is 3.29. The lowest BCUT2D eigenvalue weighted by Crippen LogP contribution is -2.26. The summed E-state index contributed by atoms with van der Waals surface area (Å²) >= 11 is 5.72. The molecule has 0 bridgehead atoms. The number of hydrogen-bond donors (Lipinski definition) is 0. The lowest BCUT2D eigenvalue weighted by Gasteiger charge is -2.14. The molecule has 0 unspecified atom stereocenters. The van der Waals surface area contributed by atoms with Crippen LogP contribution < -0.4 is 4.74 Å². The SMILES string of the molecule is CCn1cc(CN(C)C(=O)c2ccn(COc3ccc(F)c(Cl)c3)n2)cn1. The van der Waals surface area contributed by atoms with Crippen molar-refractivity contribution in [1.29, 1.82) is 0 Å². The van der Waals surface area contributed by atoms with Crippen LogP contribution in [0.15, 0.2) is 42.9 Å². The fourth-order valence-electron chi connectivity index (χ4n) is 2.46. The van der Waals surface area contributed by atoms with Gasteiger partial charge in [-0.15, -0.1) is 0 Å². The van der Waals surface area contributed by atoms with Gasteiger partial charge in [-0.05, 0) is 25.1 Å². The number of ether oxygens (including phenoxy) is 1. The van der Waals surface area contributed by atoms with Crippen LogP contribution in [0.1, 0.15) is 23.0 Å². The minimum absolute atomic E-state index is 0.0168. The van der Waals surface area contributed by atoms with Gasteiger partial charge in [-0.25, -0.2) is 9.07 Å². The van der Waals surface area contributed by atoms with Crippen molar-refractivity contribution in [3.8, 4) is 5.75 Å². The van der Waals surface area contributed by atoms with Gasteiger partial charge >= 0.3 is 0 Å². The van der Waals surface area contributed by atoms with Crippen molar-refractivity contribution in [3.63, 3.8) is 0 Å². The van der Waals surface area contributed by atoms with E-state index in [2.05, 4.69) is 10.2 Å². The lowest BCUT2D eigenvalue weighted by atomic mass is 10.3. The van der Waals surface area contributed by atoms with Crippen LogP contribution in [-0.2, 0) is 19.8 Å². The molecule has 3 aromatic rings. The molecule has 1 amide bonds. The summed E-state index contributed by atoms with van der Waals surface area (Å²) in [7, 11) is 1.71. The van der Waals surface area contributed by atoms with E-state index in [-0.39, 0.29) is 17.7 Å². The molecule has 0 fully saturated rings. The molecule has 1 aromatic carbocycles. The number of aromatic nitrogens is 4. The zero-order valence-corrected chi connectivity index (χ0v) is 15.7. The van der Waals surface area contributed by atoms with Crippen LogP contribution in [-0.4, -0.2) is 37.4 Å². The first-order valence-corrected chi connectivity index (χ1v) is 8.72. The number of benzene rings is 1. The van der Waals surface area contributed by atoms with Crippen molar-refractivity contribution in [2.75, 3.05) is 7.05 Å². The number of nitrogens with zero attached hydrogens (tertiary/aromatic N) is 5. The fraction of sp³-hybridized carbons (Fsp3) is 0.278. The maximum Gasteiger partial charge on any atom is 0.274 e. The third-order valence-corrected chi connectivity index (χ3v) is 4.18. The highest BCUT2D eigenvalue weighted by molar-refractivity contribution is 6.30. The molecule has 3 rings (SSSR count). The van der Waals surface area contributed by atoms with Crippen LogP contribution in [0.25, 0.3) is 0 Å². The number of amides is 1. The Balaban J connectivity index is 1.58. The molecule has 0 aliphatic heterocycles. The Labute approximate surface area is 160 Å². The van der Waals surface area contributed by atoms with Gasteiger partial charge in [0.25, 0.3) is 5.91 Å². The molecule has 2 heterocycles. The predicted octanol–water partition coefficient (Wildman–Crippen LogP) is 3.20. The minimum atomic E-state index is -0.511. The van der Waals surface area contributed by atoms with Crippen molar-refractivity contribution in [2.24, 2.45) is 0 Å². The zero-order chi connectivity index (χ0) is 19.4. The normalized spacial score (nSPS) is 10.8. The smallest absolute Gasteiger partial charge is 0.274 e. The molecular weight excluding hydrogens is 373 g/mol. The van der Waals surface area contributed by atoms with Crippen LogP contribution >= 0.6 is 11.6 Å². The van der Waals surface area contributed by atoms with Crippen LogP contribution in [0, 0.1) is 5.82 Å². The van der Waals surface area contributed by atoms with Crippen molar-refractivity contribution < 1.29 is 13.9 Å². The molecular formula is C18H19ClFN5O2. The molecule has 9 heteroatoms. The molecule has 0 radical (unpaired) electrons. The van der Waals surface area contributed by atoms with E-state index in [0.29, 0.717) is 18.0 Å². The number of rotatable bonds is 7. The monoisotopic (exact) mass is 391 g/mol. The van der Waals surface area contributed by atoms with E-state index in [1.54, 1.807) is 35.1 Å². The Hall–Kier alpha value is -2.87. The average molecular weight is 392 g/mol. The fourth-order valence-corrected chi connectivity index (χ4v) is 2.63. The molecule has 2 aromatic heterocycles. The molecule has 0 saturated carbocycles. The Morgan fingerprint density at radius 3 is 2.85 bits per heavy atom. The van der Waals surface area contributed by atoms with E-state index in [9.17, 15) is 9.18 Å². The average Bonchev–Trinajstić information content (AvgIpc) is 3.31. The molecule has 0 atom stereocenters. The largest absolute Gasteiger partial charge is 0.471 e. The lowest BCUT2D eigenvalue weighted by molar-refractivity contribution is 0.0777. The number of hydrogen-bond acceptors (Lipinski definition) is 4. The standard InChI is InChI=1S/C18H19ClFN5O2/c1-3-24-11-13(9-21-24)10-23(2)18(26)17-6-7-25(22-17)12-27-14-4-5-16(20)15(19)8-14/h4-9,11H,3,10,12H2,1-2H3. The Bertz CT molecular complexity index is 939. The molecule has 0 aliphatic rings. The second-order valence-corrected chi connectivity index (χ2v) is 6.36. The third-order valence-electron chi connectivity index (χ3n) is 3.89. The van der Waals surface area contributed by atoms with E-state index in [1.165, 1.54) is 22.9 Å². The molecule has 0 aliphatic carbocycles. The number of halogens is 2. The van der Waals surface area contributed by atoms with Gasteiger partial charge < -0.3 is 9.64 Å². The first kappa shape index (κ1) is 18.9. The second-order valence-electron chi connectivity index (χ2n) is 5.96. The van der Waals surface area contributed by atoms with Crippen molar-refractivity contribution >= 4 is 17.5 Å². The molecule has 142 valence electrons. The van der Waals surface area contributed by atoms with Gasteiger partial charge in [-0.2, -0.15) is 10.2 Å². The quantitative estimate of drug-likeness (QED) is 0.620. The second kappa shape index (κ2) is 8.22. The predicted molar refractivity (Wildman–Crippen MR) is 98.0 cm³/mol. The van der Waals surface area contributed by atoms with E-state index in [1.807, 2.05) is 13.1 Å². The van der Waals surface area contributed by atoms with Crippen LogP contribution in [0.5, 0.6) is 5.75 Å². The summed E-state index contributed by atoms with van der Waals surface area (Å²) in [5.74, 6) is -0.304. The molecule has 0 saturated heterocycles. The summed E-state index contributed by atoms with van der Waals surface area (Å²) in [6.07, 6.45) is 5.29. The highest BCUT2D eigenvalue weighted by Crippen LogP contribution is 2.21. The topological polar surface area (TPSA) is 65.2 Å². The first-order chi connectivity index (χ1) is 13.0. The van der Waals surface area contributed by atoms with E-state index >= 15 is 0 Å². The summed E-state index contributed by atoms with van der Waals surface area (Å²) < 4.78 is 21.9. The third kappa shape index (κ3) is 4.65. The maximum atomic E-state index is 13.2. The molecule has 0 spiro atoms. The summed E-state index contributed by atoms with van der Waals surface area (Å²) in [4.78, 5) is 14.1. The van der Waals surface area contributed by atoms with Gasteiger partial charge in [-0.1, -0.05) is 11.6 Å². The van der Waals surface area contributed by atoms with Crippen LogP contribution in [0.4, 0.5) is 4.39 Å². The zero-order valence-electron chi connectivity index (χ0n) is 15.0. The van der Waals surface area contributed by atoms with E-state index in [0.717, 1.165) is 12.1 Å². The summed E-state index contributed by atoms with van der Waals surface area (Å²) in [5.41, 5.74) is 1.25. The highest BCUT2D eigenvalue weighted by Gasteiger charge is 2.16. The number of aryl methyl sites for hydroxylation is 1. The highest BCUT2D eigenvalue weighted by atomic mass is 35.5. The summed E-state index contributed by atoms with van der Waals surface area (Å²) in [6, 6.07) is 5.71. The van der Waals surface area contributed by atoms with E-state index in [4.69, 9.17) is 16.3 Å². The van der Waals surface area contributed by atoms with Crippen LogP contribution in [0.2, 0.25) is 5.02 Å². The Kier molecular flexibility index (Phi) is 5.75. The number of carbonyl (C=O) groups excluding carboxylic acids is 1. The number of carbonyl (C=O) groups is 1. The molecule has 0 N–H and O–H groups in total. The van der Waals surface area contributed by atoms with Gasteiger partial charge in [-0.3, -0.25) is 9.48 Å². The van der Waals surface area contributed by atoms with Crippen molar-refractivity contribution in [3.05, 3.63) is 65.0 Å². The summed E-state index contributed by atoms with van der Waals surface area (Å²) in [5, 5.41) is 8.40. The van der Waals surface area contributed by atoms with Gasteiger partial charge in [0.2, 0.25) is 0 Å². The van der Waals surface area contributed by atoms with Crippen molar-refractivity contribution in [1.82, 2.24) is 24.5 Å². The molecule has 27 heavy (non-hydrogen) atoms. The van der Waals surface area contributed by atoms with E-state index < -0.39 is 5.82 Å². The Morgan fingerprint density at radius 2 is 2.15 bits per heavy atom. The van der Waals surface area contributed by atoms with Crippen molar-refractivity contribution in [2.45, 2.75) is 26.7 Å². The van der Waals surface area contributed by atoms with Gasteiger partial charge in [0, 0.05) is 44.2 Å². The Morgan fingerprint density at radius 1 is 1.33 bits per heavy atom. The van der Waals surface area contributed by atoms with Gasteiger partial charge in [0.05, 0.1) is 11.2 Å². The first-order valence-electron chi connectivity index (χ1n) is 8.34.